The second kappa shape index (κ2) is 12.6. The molecule has 0 N–H and O–H groups in total. The summed E-state index contributed by atoms with van der Waals surface area (Å²) < 4.78 is 416. The SMILES string of the molecule is [2H]c1c([2H])c([2H])c2c(c1[2H])-c1c([2H])c([2H])c([2H])c([2H])c1C21c2c([2H])c([2H])c([2H])c([2H])c2-c2c(N(c3c([2H])c([2H])c([2H])c4c3-c3c([2H])c([2H])c([2H])c([2H])c3C43c4c([2H])c([2H])c([2H])c([2H])c4-c4c([2H])c([2H])c([2H])c([2H])c43)c3c([2H])c([2H])c([2H])c4c3-c3c([2H])c([2H])c([2H])c([2H])c3C4(C([2H])([2H])[2H])C([2H])([2H])[2H])c([2H])c([2H])c([2H])c21. The van der Waals surface area contributed by atoms with Crippen LogP contribution in [0.1, 0.15) is 128 Å². The van der Waals surface area contributed by atoms with Crippen molar-refractivity contribution in [3.05, 3.63) is 279 Å². The molecule has 0 unspecified atom stereocenters. The topological polar surface area (TPSA) is 3.24 Å². The molecule has 0 radical (unpaired) electrons. The van der Waals surface area contributed by atoms with Crippen LogP contribution < -0.4 is 4.90 Å². The zero-order valence-corrected chi connectivity index (χ0v) is 32.9. The lowest BCUT2D eigenvalue weighted by atomic mass is 9.70. The zero-order valence-electron chi connectivity index (χ0n) is 75.9. The molecule has 0 fully saturated rings. The molecule has 0 aliphatic heterocycles. The molecule has 0 saturated heterocycles. The molecule has 1 heteroatoms. The fourth-order valence-electron chi connectivity index (χ4n) is 10.7. The van der Waals surface area contributed by atoms with E-state index >= 15 is 0 Å². The van der Waals surface area contributed by atoms with Crippen LogP contribution in [0, 0.1) is 0 Å². The molecule has 0 heterocycles. The van der Waals surface area contributed by atoms with Crippen molar-refractivity contribution in [1.82, 2.24) is 0 Å². The molecule has 10 aromatic carbocycles. The third kappa shape index (κ3) is 4.11. The van der Waals surface area contributed by atoms with Crippen molar-refractivity contribution in [2.75, 3.05) is 4.90 Å². The lowest BCUT2D eigenvalue weighted by Crippen LogP contribution is -2.26. The van der Waals surface area contributed by atoms with Gasteiger partial charge in [-0.05, 0) is 113 Å². The van der Waals surface area contributed by atoms with Gasteiger partial charge in [0.05, 0.1) is 78.6 Å². The van der Waals surface area contributed by atoms with Crippen LogP contribution in [0.3, 0.4) is 0 Å². The number of rotatable bonds is 3. The average molecular weight is 881 g/mol. The highest BCUT2D eigenvalue weighted by Crippen LogP contribution is 2.68. The maximum atomic E-state index is 10.7. The van der Waals surface area contributed by atoms with Crippen LogP contribution in [-0.4, -0.2) is 0 Å². The summed E-state index contributed by atoms with van der Waals surface area (Å²) in [5, 5.41) is 0. The standard InChI is InChI=1S/C65H43N/c1-63(2)47-27-10-7-24-44(47)60-54(63)34-17-37-57(60)66(58-38-18-35-55-61(58)45-25-8-15-32-52(45)64(55)48-28-11-3-20-40(48)41-21-4-12-29-49(41)64)59-39-19-36-56-62(59)46-26-9-16-33-53(46)65(56)50-30-13-5-22-42(50)43-23-6-14-31-51(43)65/h3-39H,1-2H3/i1D3,2D3,3D,4D,5D,6D,7D,8D,9D,10D,11D,12D,13D,14D,15D,16D,17D,18D,19D,20D,21D,22D,23D,24D,25D,26D,27D,28D,29D,30D,31D,32D,33D,34D,35D,36D,37D,38D,39D. The molecule has 5 aliphatic carbocycles. The van der Waals surface area contributed by atoms with Gasteiger partial charge >= 0.3 is 0 Å². The largest absolute Gasteiger partial charge is 0.309 e. The van der Waals surface area contributed by atoms with E-state index in [2.05, 4.69) is 0 Å². The van der Waals surface area contributed by atoms with E-state index in [9.17, 15) is 52.1 Å². The Bertz CT molecular complexity index is 5740. The maximum Gasteiger partial charge on any atom is 0.0726 e. The third-order valence-electron chi connectivity index (χ3n) is 13.0. The highest BCUT2D eigenvalue weighted by molar-refractivity contribution is 6.07. The molecule has 10 aromatic rings. The molecule has 308 valence electrons. The molecule has 5 aliphatic rings. The van der Waals surface area contributed by atoms with Gasteiger partial charge in [0, 0.05) is 30.3 Å². The van der Waals surface area contributed by atoms with Gasteiger partial charge in [-0.15, -0.1) is 0 Å². The number of anilines is 3. The Morgan fingerprint density at radius 1 is 0.273 bits per heavy atom. The molecular weight excluding hydrogens is 795 g/mol. The summed E-state index contributed by atoms with van der Waals surface area (Å²) in [6.07, 6.45) is 0. The van der Waals surface area contributed by atoms with Gasteiger partial charge in [-0.1, -0.05) is 219 Å². The predicted molar refractivity (Wildman–Crippen MR) is 271 cm³/mol. The van der Waals surface area contributed by atoms with E-state index < -0.39 is 382 Å². The Balaban J connectivity index is 1.33. The quantitative estimate of drug-likeness (QED) is 0.171. The van der Waals surface area contributed by atoms with Crippen molar-refractivity contribution < 1.29 is 58.9 Å². The molecule has 0 amide bonds. The minimum absolute atomic E-state index is 0.235. The Kier molecular flexibility index (Phi) is 2.73. The van der Waals surface area contributed by atoms with Gasteiger partial charge in [-0.3, -0.25) is 0 Å². The van der Waals surface area contributed by atoms with Crippen molar-refractivity contribution in [1.29, 1.82) is 0 Å². The molecular formula is C65H43N. The minimum atomic E-state index is -4.27. The lowest BCUT2D eigenvalue weighted by Gasteiger charge is -2.34. The molecule has 1 nitrogen and oxygen atoms in total. The first kappa shape index (κ1) is 14.2. The molecule has 66 heavy (non-hydrogen) atoms. The molecule has 15 rings (SSSR count). The Hall–Kier alpha value is -8.00. The van der Waals surface area contributed by atoms with E-state index in [0.29, 0.717) is 0 Å². The molecule has 2 spiro atoms. The third-order valence-corrected chi connectivity index (χ3v) is 13.0. The van der Waals surface area contributed by atoms with Gasteiger partial charge < -0.3 is 4.90 Å². The Morgan fingerprint density at radius 3 is 0.894 bits per heavy atom. The van der Waals surface area contributed by atoms with E-state index in [1.807, 2.05) is 0 Å². The maximum absolute atomic E-state index is 10.7. The molecule has 0 bridgehead atoms. The van der Waals surface area contributed by atoms with Crippen LogP contribution in [0.2, 0.25) is 0 Å². The van der Waals surface area contributed by atoms with Crippen molar-refractivity contribution in [2.24, 2.45) is 0 Å². The number of nitrogens with zero attached hydrogens (tertiary/aromatic N) is 1. The lowest BCUT2D eigenvalue weighted by molar-refractivity contribution is 0.660. The summed E-state index contributed by atoms with van der Waals surface area (Å²) in [7, 11) is 0. The van der Waals surface area contributed by atoms with Crippen LogP contribution in [0.4, 0.5) is 17.1 Å². The summed E-state index contributed by atoms with van der Waals surface area (Å²) >= 11 is 0. The summed E-state index contributed by atoms with van der Waals surface area (Å²) in [5.41, 5.74) is -36.9. The Labute approximate surface area is 446 Å². The number of hydrogen-bond acceptors (Lipinski definition) is 1. The summed E-state index contributed by atoms with van der Waals surface area (Å²) in [6.45, 7) is -8.54. The molecule has 0 aromatic heterocycles. The summed E-state index contributed by atoms with van der Waals surface area (Å²) in [5.74, 6) is 0. The second-order valence-corrected chi connectivity index (χ2v) is 15.8. The van der Waals surface area contributed by atoms with E-state index in [-0.39, 0.29) is 4.90 Å². The minimum Gasteiger partial charge on any atom is -0.309 e. The van der Waals surface area contributed by atoms with E-state index in [1.165, 1.54) is 0 Å². The second-order valence-electron chi connectivity index (χ2n) is 15.8. The smallest absolute Gasteiger partial charge is 0.0726 e. The first-order chi connectivity index (χ1) is 50.4. The first-order valence-corrected chi connectivity index (χ1v) is 19.9. The average Bonchev–Trinajstić information content (AvgIpc) is 1.48. The van der Waals surface area contributed by atoms with Gasteiger partial charge in [0.25, 0.3) is 0 Å². The molecule has 0 saturated carbocycles. The fourth-order valence-corrected chi connectivity index (χ4v) is 10.7. The first-order valence-electron chi connectivity index (χ1n) is 41.4. The van der Waals surface area contributed by atoms with E-state index in [0.717, 1.165) is 0 Å². The van der Waals surface area contributed by atoms with Crippen molar-refractivity contribution in [2.45, 2.75) is 29.9 Å². The van der Waals surface area contributed by atoms with Crippen LogP contribution in [-0.2, 0) is 16.2 Å². The van der Waals surface area contributed by atoms with Crippen LogP contribution in [0.15, 0.2) is 224 Å². The van der Waals surface area contributed by atoms with Crippen LogP contribution in [0.25, 0.3) is 55.6 Å². The van der Waals surface area contributed by atoms with E-state index in [4.69, 9.17) is 6.85 Å². The van der Waals surface area contributed by atoms with Gasteiger partial charge in [-0.2, -0.15) is 0 Å². The van der Waals surface area contributed by atoms with Crippen LogP contribution >= 0.6 is 0 Å². The predicted octanol–water partition coefficient (Wildman–Crippen LogP) is 16.1. The number of fused-ring (bicyclic) bond motifs is 23. The van der Waals surface area contributed by atoms with Crippen LogP contribution in [0.5, 0.6) is 0 Å². The van der Waals surface area contributed by atoms with Gasteiger partial charge in [-0.25, -0.2) is 0 Å². The van der Waals surface area contributed by atoms with Gasteiger partial charge in [0.2, 0.25) is 0 Å². The number of benzene rings is 10. The van der Waals surface area contributed by atoms with Crippen molar-refractivity contribution >= 4 is 17.1 Å². The van der Waals surface area contributed by atoms with Crippen molar-refractivity contribution in [3.8, 4) is 55.6 Å². The van der Waals surface area contributed by atoms with Gasteiger partial charge in [0.1, 0.15) is 0 Å². The summed E-state index contributed by atoms with van der Waals surface area (Å²) in [6, 6.07) is -47.9. The fraction of sp³-hybridized carbons (Fsp3) is 0.0769. The number of hydrogen-bond donors (Lipinski definition) is 0. The zero-order chi connectivity index (χ0) is 80.7. The Morgan fingerprint density at radius 2 is 0.530 bits per heavy atom. The van der Waals surface area contributed by atoms with E-state index in [1.54, 1.807) is 0 Å². The highest BCUT2D eigenvalue weighted by Gasteiger charge is 2.55. The van der Waals surface area contributed by atoms with Gasteiger partial charge in [0.15, 0.2) is 0 Å². The monoisotopic (exact) mass is 881 g/mol. The summed E-state index contributed by atoms with van der Waals surface area (Å²) in [4.78, 5) is 0.235. The molecule has 0 atom stereocenters. The highest BCUT2D eigenvalue weighted by atomic mass is 15.2. The van der Waals surface area contributed by atoms with Crippen molar-refractivity contribution in [3.63, 3.8) is 0 Å². The normalized spacial score (nSPS) is 25.1.